The molecule has 0 aliphatic carbocycles. The first-order valence-electron chi connectivity index (χ1n) is 4.14. The molecule has 0 aromatic heterocycles. The van der Waals surface area contributed by atoms with Crippen LogP contribution in [-0.4, -0.2) is 18.8 Å². The molecule has 1 aromatic carbocycles. The number of benzene rings is 1. The fraction of sp³-hybridized carbons (Fsp3) is 0.200. The van der Waals surface area contributed by atoms with Gasteiger partial charge in [-0.05, 0) is 23.7 Å². The summed E-state index contributed by atoms with van der Waals surface area (Å²) in [6.07, 6.45) is 0. The van der Waals surface area contributed by atoms with Crippen molar-refractivity contribution in [3.8, 4) is 23.3 Å². The Kier molecular flexibility index (Phi) is 3.90. The summed E-state index contributed by atoms with van der Waals surface area (Å²) in [7, 11) is 1.47. The van der Waals surface area contributed by atoms with Crippen LogP contribution in [0.4, 0.5) is 0 Å². The molecule has 0 fully saturated rings. The van der Waals surface area contributed by atoms with Crippen molar-refractivity contribution in [1.82, 2.24) is 0 Å². The van der Waals surface area contributed by atoms with Crippen molar-refractivity contribution in [2.24, 2.45) is 5.11 Å². The van der Waals surface area contributed by atoms with Crippen LogP contribution in [0.2, 0.25) is 0 Å². The van der Waals surface area contributed by atoms with E-state index in [0.717, 1.165) is 0 Å². The Morgan fingerprint density at radius 1 is 1.60 bits per heavy atom. The zero-order valence-electron chi connectivity index (χ0n) is 8.14. The Balaban J connectivity index is 2.82. The van der Waals surface area contributed by atoms with Gasteiger partial charge < -0.3 is 9.84 Å². The van der Waals surface area contributed by atoms with Gasteiger partial charge in [-0.15, -0.1) is 0 Å². The molecule has 0 unspecified atom stereocenters. The number of rotatable bonds is 2. The quantitative estimate of drug-likeness (QED) is 0.345. The largest absolute Gasteiger partial charge is 0.504 e. The predicted molar refractivity (Wildman–Crippen MR) is 55.5 cm³/mol. The second-order valence-electron chi connectivity index (χ2n) is 2.58. The van der Waals surface area contributed by atoms with Crippen molar-refractivity contribution in [3.63, 3.8) is 0 Å². The highest BCUT2D eigenvalue weighted by Crippen LogP contribution is 2.25. The summed E-state index contributed by atoms with van der Waals surface area (Å²) in [5.41, 5.74) is 8.65. The Hall–Kier alpha value is -2.31. The summed E-state index contributed by atoms with van der Waals surface area (Å²) in [4.78, 5) is 2.56. The normalized spacial score (nSPS) is 8.33. The Morgan fingerprint density at radius 2 is 2.40 bits per heavy atom. The molecule has 0 saturated heterocycles. The van der Waals surface area contributed by atoms with Gasteiger partial charge in [0, 0.05) is 10.5 Å². The lowest BCUT2D eigenvalue weighted by atomic mass is 10.2. The van der Waals surface area contributed by atoms with Crippen molar-refractivity contribution in [3.05, 3.63) is 34.2 Å². The standard InChI is InChI=1S/C10H9N3O2/c1-15-10-5-4-8(7-9(10)14)3-2-6-12-13-11/h4-5,7,14H,6H2,1H3. The molecule has 0 aliphatic heterocycles. The Morgan fingerprint density at radius 3 is 3.00 bits per heavy atom. The summed E-state index contributed by atoms with van der Waals surface area (Å²) in [5.74, 6) is 5.82. The van der Waals surface area contributed by atoms with Gasteiger partial charge in [-0.3, -0.25) is 0 Å². The van der Waals surface area contributed by atoms with Crippen LogP contribution in [0.15, 0.2) is 23.3 Å². The maximum atomic E-state index is 9.42. The molecular weight excluding hydrogens is 194 g/mol. The molecule has 0 saturated carbocycles. The van der Waals surface area contributed by atoms with Crippen LogP contribution in [0.25, 0.3) is 10.4 Å². The molecule has 15 heavy (non-hydrogen) atoms. The lowest BCUT2D eigenvalue weighted by Crippen LogP contribution is -1.84. The molecule has 5 nitrogen and oxygen atoms in total. The number of aromatic hydroxyl groups is 1. The average Bonchev–Trinajstić information content (AvgIpc) is 2.25. The van der Waals surface area contributed by atoms with Gasteiger partial charge in [0.1, 0.15) is 0 Å². The summed E-state index contributed by atoms with van der Waals surface area (Å²) in [5, 5.41) is 12.7. The molecule has 0 atom stereocenters. The van der Waals surface area contributed by atoms with E-state index in [-0.39, 0.29) is 12.3 Å². The smallest absolute Gasteiger partial charge is 0.160 e. The highest BCUT2D eigenvalue weighted by atomic mass is 16.5. The van der Waals surface area contributed by atoms with E-state index in [1.165, 1.54) is 13.2 Å². The van der Waals surface area contributed by atoms with Gasteiger partial charge >= 0.3 is 0 Å². The van der Waals surface area contributed by atoms with Crippen LogP contribution in [0.5, 0.6) is 11.5 Å². The maximum absolute atomic E-state index is 9.42. The number of methoxy groups -OCH3 is 1. The first-order valence-corrected chi connectivity index (χ1v) is 4.14. The van der Waals surface area contributed by atoms with Gasteiger partial charge in [-0.1, -0.05) is 17.0 Å². The number of ether oxygens (including phenoxy) is 1. The van der Waals surface area contributed by atoms with Crippen molar-refractivity contribution in [2.45, 2.75) is 0 Å². The van der Waals surface area contributed by atoms with Crippen LogP contribution in [0, 0.1) is 11.8 Å². The van der Waals surface area contributed by atoms with Gasteiger partial charge in [-0.2, -0.15) is 0 Å². The fourth-order valence-corrected chi connectivity index (χ4v) is 0.976. The minimum Gasteiger partial charge on any atom is -0.504 e. The van der Waals surface area contributed by atoms with Crippen LogP contribution in [-0.2, 0) is 0 Å². The number of azide groups is 1. The number of hydrogen-bond donors (Lipinski definition) is 1. The van der Waals surface area contributed by atoms with Gasteiger partial charge in [0.25, 0.3) is 0 Å². The first kappa shape index (κ1) is 10.8. The molecule has 0 bridgehead atoms. The van der Waals surface area contributed by atoms with Gasteiger partial charge in [0.15, 0.2) is 11.5 Å². The predicted octanol–water partition coefficient (Wildman–Crippen LogP) is 2.06. The monoisotopic (exact) mass is 203 g/mol. The lowest BCUT2D eigenvalue weighted by molar-refractivity contribution is 0.373. The topological polar surface area (TPSA) is 78.2 Å². The van der Waals surface area contributed by atoms with Crippen molar-refractivity contribution >= 4 is 0 Å². The van der Waals surface area contributed by atoms with Crippen LogP contribution < -0.4 is 4.74 Å². The molecule has 5 heteroatoms. The SMILES string of the molecule is COc1ccc(C#CCN=[N+]=[N-])cc1O. The third-order valence-corrected chi connectivity index (χ3v) is 1.62. The zero-order valence-corrected chi connectivity index (χ0v) is 8.14. The van der Waals surface area contributed by atoms with E-state index in [1.54, 1.807) is 12.1 Å². The molecule has 1 N–H and O–H groups in total. The third kappa shape index (κ3) is 3.14. The number of phenols is 1. The highest BCUT2D eigenvalue weighted by molar-refractivity contribution is 5.47. The minimum absolute atomic E-state index is 0.0353. The average molecular weight is 203 g/mol. The second kappa shape index (κ2) is 5.43. The van der Waals surface area contributed by atoms with Gasteiger partial charge in [0.2, 0.25) is 0 Å². The molecular formula is C10H9N3O2. The van der Waals surface area contributed by atoms with Crippen molar-refractivity contribution in [2.75, 3.05) is 13.7 Å². The zero-order chi connectivity index (χ0) is 11.1. The van der Waals surface area contributed by atoms with Gasteiger partial charge in [0.05, 0.1) is 13.7 Å². The van der Waals surface area contributed by atoms with E-state index in [1.807, 2.05) is 0 Å². The number of hydrogen-bond acceptors (Lipinski definition) is 3. The molecule has 0 radical (unpaired) electrons. The molecule has 76 valence electrons. The van der Waals surface area contributed by atoms with E-state index in [0.29, 0.717) is 11.3 Å². The van der Waals surface area contributed by atoms with Crippen molar-refractivity contribution in [1.29, 1.82) is 0 Å². The molecule has 1 rings (SSSR count). The van der Waals surface area contributed by atoms with E-state index >= 15 is 0 Å². The Labute approximate surface area is 86.9 Å². The summed E-state index contributed by atoms with van der Waals surface area (Å²) in [6, 6.07) is 4.82. The summed E-state index contributed by atoms with van der Waals surface area (Å²) < 4.78 is 4.88. The van der Waals surface area contributed by atoms with E-state index in [2.05, 4.69) is 21.9 Å². The third-order valence-electron chi connectivity index (χ3n) is 1.62. The van der Waals surface area contributed by atoms with Crippen LogP contribution in [0.3, 0.4) is 0 Å². The molecule has 0 spiro atoms. The molecule has 1 aromatic rings. The number of phenolic OH excluding ortho intramolecular Hbond substituents is 1. The summed E-state index contributed by atoms with van der Waals surface area (Å²) >= 11 is 0. The van der Waals surface area contributed by atoms with Crippen molar-refractivity contribution < 1.29 is 9.84 Å². The first-order chi connectivity index (χ1) is 7.27. The minimum atomic E-state index is 0.0353. The molecule has 0 heterocycles. The summed E-state index contributed by atoms with van der Waals surface area (Å²) in [6.45, 7) is 0.114. The molecule has 0 aliphatic rings. The lowest BCUT2D eigenvalue weighted by Gasteiger charge is -2.01. The maximum Gasteiger partial charge on any atom is 0.160 e. The van der Waals surface area contributed by atoms with Gasteiger partial charge in [-0.25, -0.2) is 0 Å². The fourth-order valence-electron chi connectivity index (χ4n) is 0.976. The Bertz CT molecular complexity index is 453. The molecule has 0 amide bonds. The number of nitrogens with zero attached hydrogens (tertiary/aromatic N) is 3. The van der Waals surface area contributed by atoms with E-state index < -0.39 is 0 Å². The van der Waals surface area contributed by atoms with Crippen LogP contribution in [0.1, 0.15) is 5.56 Å². The highest BCUT2D eigenvalue weighted by Gasteiger charge is 1.99. The van der Waals surface area contributed by atoms with E-state index in [9.17, 15) is 5.11 Å². The second-order valence-corrected chi connectivity index (χ2v) is 2.58. The van der Waals surface area contributed by atoms with Crippen LogP contribution >= 0.6 is 0 Å². The van der Waals surface area contributed by atoms with E-state index in [4.69, 9.17) is 10.3 Å².